The number of esters is 1. The molecule has 0 aliphatic heterocycles. The molecular formula is C24H23NO4. The lowest BCUT2D eigenvalue weighted by Gasteiger charge is -2.14. The van der Waals surface area contributed by atoms with Crippen LogP contribution in [0.5, 0.6) is 5.75 Å². The van der Waals surface area contributed by atoms with Crippen LogP contribution >= 0.6 is 0 Å². The first-order valence-electron chi connectivity index (χ1n) is 9.36. The van der Waals surface area contributed by atoms with Crippen molar-refractivity contribution < 1.29 is 19.1 Å². The molecule has 1 atom stereocenters. The Hall–Kier alpha value is -3.60. The van der Waals surface area contributed by atoms with Gasteiger partial charge in [-0.05, 0) is 55.8 Å². The summed E-state index contributed by atoms with van der Waals surface area (Å²) in [6.45, 7) is 3.90. The number of benzene rings is 3. The Kier molecular flexibility index (Phi) is 6.63. The molecule has 5 nitrogen and oxygen atoms in total. The standard InChI is InChI=1S/C24H23NO4/c1-17-7-6-10-20(15-17)24(27)29-18(2)23(26)25-21-11-13-22(14-12-21)28-16-19-8-4-3-5-9-19/h3-15,18H,16H2,1-2H3,(H,25,26)/t18-/m1/s1. The molecule has 1 N–H and O–H groups in total. The summed E-state index contributed by atoms with van der Waals surface area (Å²) in [6, 6.07) is 24.0. The van der Waals surface area contributed by atoms with Crippen molar-refractivity contribution in [1.82, 2.24) is 0 Å². The van der Waals surface area contributed by atoms with Gasteiger partial charge in [0.1, 0.15) is 12.4 Å². The summed E-state index contributed by atoms with van der Waals surface area (Å²) >= 11 is 0. The number of anilines is 1. The molecule has 0 spiro atoms. The number of rotatable bonds is 7. The number of aryl methyl sites for hydroxylation is 1. The molecule has 0 fully saturated rings. The number of amides is 1. The molecule has 0 aliphatic carbocycles. The first-order chi connectivity index (χ1) is 14.0. The van der Waals surface area contributed by atoms with E-state index in [9.17, 15) is 9.59 Å². The molecule has 0 aromatic heterocycles. The lowest BCUT2D eigenvalue weighted by Crippen LogP contribution is -2.30. The normalized spacial score (nSPS) is 11.4. The predicted molar refractivity (Wildman–Crippen MR) is 112 cm³/mol. The van der Waals surface area contributed by atoms with Crippen molar-refractivity contribution in [3.8, 4) is 5.75 Å². The molecule has 0 aliphatic rings. The molecular weight excluding hydrogens is 366 g/mol. The Morgan fingerprint density at radius 1 is 0.931 bits per heavy atom. The topological polar surface area (TPSA) is 64.6 Å². The van der Waals surface area contributed by atoms with Crippen LogP contribution in [0.2, 0.25) is 0 Å². The summed E-state index contributed by atoms with van der Waals surface area (Å²) in [6.07, 6.45) is -0.919. The van der Waals surface area contributed by atoms with E-state index in [0.717, 1.165) is 11.1 Å². The first kappa shape index (κ1) is 20.1. The van der Waals surface area contributed by atoms with Crippen LogP contribution in [0, 0.1) is 6.92 Å². The third-order valence-electron chi connectivity index (χ3n) is 4.28. The van der Waals surface area contributed by atoms with Gasteiger partial charge in [0.05, 0.1) is 5.56 Å². The molecule has 148 valence electrons. The minimum atomic E-state index is -0.919. The van der Waals surface area contributed by atoms with Gasteiger partial charge in [-0.3, -0.25) is 4.79 Å². The van der Waals surface area contributed by atoms with Crippen molar-refractivity contribution in [2.24, 2.45) is 0 Å². The van der Waals surface area contributed by atoms with Crippen LogP contribution in [0.1, 0.15) is 28.4 Å². The molecule has 0 saturated heterocycles. The number of hydrogen-bond donors (Lipinski definition) is 1. The second kappa shape index (κ2) is 9.55. The highest BCUT2D eigenvalue weighted by Crippen LogP contribution is 2.18. The van der Waals surface area contributed by atoms with Gasteiger partial charge >= 0.3 is 5.97 Å². The zero-order valence-corrected chi connectivity index (χ0v) is 16.4. The number of ether oxygens (including phenoxy) is 2. The van der Waals surface area contributed by atoms with E-state index >= 15 is 0 Å². The first-order valence-corrected chi connectivity index (χ1v) is 9.36. The fourth-order valence-corrected chi connectivity index (χ4v) is 2.67. The van der Waals surface area contributed by atoms with Crippen molar-refractivity contribution in [3.63, 3.8) is 0 Å². The second-order valence-electron chi connectivity index (χ2n) is 6.70. The molecule has 0 bridgehead atoms. The van der Waals surface area contributed by atoms with Gasteiger partial charge in [-0.15, -0.1) is 0 Å². The van der Waals surface area contributed by atoms with Crippen LogP contribution in [0.15, 0.2) is 78.9 Å². The van der Waals surface area contributed by atoms with E-state index in [0.29, 0.717) is 23.6 Å². The highest BCUT2D eigenvalue weighted by molar-refractivity contribution is 5.97. The minimum Gasteiger partial charge on any atom is -0.489 e. The molecule has 5 heteroatoms. The maximum atomic E-state index is 12.3. The SMILES string of the molecule is Cc1cccc(C(=O)O[C@H](C)C(=O)Nc2ccc(OCc3ccccc3)cc2)c1. The van der Waals surface area contributed by atoms with E-state index < -0.39 is 18.0 Å². The van der Waals surface area contributed by atoms with Gasteiger partial charge < -0.3 is 14.8 Å². The van der Waals surface area contributed by atoms with Gasteiger partial charge in [0.2, 0.25) is 0 Å². The average Bonchev–Trinajstić information content (AvgIpc) is 2.74. The average molecular weight is 389 g/mol. The second-order valence-corrected chi connectivity index (χ2v) is 6.70. The van der Waals surface area contributed by atoms with Crippen LogP contribution in [-0.4, -0.2) is 18.0 Å². The lowest BCUT2D eigenvalue weighted by molar-refractivity contribution is -0.123. The van der Waals surface area contributed by atoms with Crippen molar-refractivity contribution in [3.05, 3.63) is 95.6 Å². The summed E-state index contributed by atoms with van der Waals surface area (Å²) in [7, 11) is 0. The molecule has 0 heterocycles. The minimum absolute atomic E-state index is 0.399. The molecule has 3 rings (SSSR count). The van der Waals surface area contributed by atoms with Crippen LogP contribution < -0.4 is 10.1 Å². The van der Waals surface area contributed by atoms with Gasteiger partial charge in [-0.2, -0.15) is 0 Å². The maximum absolute atomic E-state index is 12.3. The zero-order chi connectivity index (χ0) is 20.6. The number of nitrogens with one attached hydrogen (secondary N) is 1. The highest BCUT2D eigenvalue weighted by atomic mass is 16.5. The molecule has 0 radical (unpaired) electrons. The largest absolute Gasteiger partial charge is 0.489 e. The van der Waals surface area contributed by atoms with E-state index in [1.54, 1.807) is 49.4 Å². The zero-order valence-electron chi connectivity index (χ0n) is 16.4. The van der Waals surface area contributed by atoms with E-state index in [-0.39, 0.29) is 0 Å². The van der Waals surface area contributed by atoms with Gasteiger partial charge in [0, 0.05) is 5.69 Å². The lowest BCUT2D eigenvalue weighted by atomic mass is 10.1. The molecule has 0 unspecified atom stereocenters. The Bertz CT molecular complexity index is 968. The Labute approximate surface area is 170 Å². The van der Waals surface area contributed by atoms with Crippen LogP contribution in [0.4, 0.5) is 5.69 Å². The fourth-order valence-electron chi connectivity index (χ4n) is 2.67. The Morgan fingerprint density at radius 3 is 2.34 bits per heavy atom. The molecule has 3 aromatic rings. The van der Waals surface area contributed by atoms with E-state index in [4.69, 9.17) is 9.47 Å². The van der Waals surface area contributed by atoms with Gasteiger partial charge in [0.25, 0.3) is 5.91 Å². The number of carbonyl (C=O) groups is 2. The quantitative estimate of drug-likeness (QED) is 0.592. The van der Waals surface area contributed by atoms with Gasteiger partial charge in [-0.25, -0.2) is 4.79 Å². The van der Waals surface area contributed by atoms with Gasteiger partial charge in [0.15, 0.2) is 6.10 Å². The summed E-state index contributed by atoms with van der Waals surface area (Å²) in [4.78, 5) is 24.5. The number of carbonyl (C=O) groups excluding carboxylic acids is 2. The molecule has 0 saturated carbocycles. The van der Waals surface area contributed by atoms with E-state index in [1.165, 1.54) is 0 Å². The molecule has 29 heavy (non-hydrogen) atoms. The van der Waals surface area contributed by atoms with Crippen LogP contribution in [0.3, 0.4) is 0 Å². The number of hydrogen-bond acceptors (Lipinski definition) is 4. The van der Waals surface area contributed by atoms with E-state index in [1.807, 2.05) is 43.3 Å². The highest BCUT2D eigenvalue weighted by Gasteiger charge is 2.19. The predicted octanol–water partition coefficient (Wildman–Crippen LogP) is 4.76. The molecule has 1 amide bonds. The van der Waals surface area contributed by atoms with Crippen molar-refractivity contribution in [1.29, 1.82) is 0 Å². The third kappa shape index (κ3) is 5.94. The summed E-state index contributed by atoms with van der Waals surface area (Å²) in [5.74, 6) is -0.226. The fraction of sp³-hybridized carbons (Fsp3) is 0.167. The van der Waals surface area contributed by atoms with Crippen LogP contribution in [-0.2, 0) is 16.1 Å². The smallest absolute Gasteiger partial charge is 0.338 e. The Balaban J connectivity index is 1.51. The van der Waals surface area contributed by atoms with Gasteiger partial charge in [-0.1, -0.05) is 48.0 Å². The monoisotopic (exact) mass is 389 g/mol. The van der Waals surface area contributed by atoms with E-state index in [2.05, 4.69) is 5.32 Å². The Morgan fingerprint density at radius 2 is 1.66 bits per heavy atom. The third-order valence-corrected chi connectivity index (χ3v) is 4.28. The maximum Gasteiger partial charge on any atom is 0.338 e. The summed E-state index contributed by atoms with van der Waals surface area (Å²) < 4.78 is 11.0. The summed E-state index contributed by atoms with van der Waals surface area (Å²) in [5, 5.41) is 2.74. The van der Waals surface area contributed by atoms with Crippen LogP contribution in [0.25, 0.3) is 0 Å². The summed E-state index contributed by atoms with van der Waals surface area (Å²) in [5.41, 5.74) is 3.05. The van der Waals surface area contributed by atoms with Crippen molar-refractivity contribution in [2.45, 2.75) is 26.6 Å². The molecule has 3 aromatic carbocycles. The van der Waals surface area contributed by atoms with Crippen molar-refractivity contribution in [2.75, 3.05) is 5.32 Å². The van der Waals surface area contributed by atoms with Crippen molar-refractivity contribution >= 4 is 17.6 Å².